The van der Waals surface area contributed by atoms with Crippen LogP contribution in [-0.4, -0.2) is 110 Å². The number of hydrogen-bond acceptors (Lipinski definition) is 10. The number of carbonyl (C=O) groups excluding carboxylic acids is 1. The Morgan fingerprint density at radius 3 is 1.16 bits per heavy atom. The molecule has 0 saturated carbocycles. The zero-order valence-electron chi connectivity index (χ0n) is 41.5. The van der Waals surface area contributed by atoms with Crippen molar-refractivity contribution in [2.75, 3.05) is 13.2 Å². The topological polar surface area (TPSA) is 189 Å². The summed E-state index contributed by atoms with van der Waals surface area (Å²) in [6.07, 6.45) is 36.3. The molecule has 1 amide bonds. The van der Waals surface area contributed by atoms with Crippen molar-refractivity contribution >= 4 is 5.91 Å². The maximum absolute atomic E-state index is 13.1. The lowest BCUT2D eigenvalue weighted by molar-refractivity contribution is -0.303. The normalized spacial score (nSPS) is 20.9. The fourth-order valence-electron chi connectivity index (χ4n) is 9.15. The molecule has 1 fully saturated rings. The Labute approximate surface area is 392 Å². The number of nitrogens with one attached hydrogen (secondary N) is 1. The van der Waals surface area contributed by atoms with Crippen LogP contribution in [0.5, 0.6) is 0 Å². The third kappa shape index (κ3) is 32.0. The van der Waals surface area contributed by atoms with Crippen molar-refractivity contribution in [3.05, 3.63) is 0 Å². The highest BCUT2D eigenvalue weighted by atomic mass is 16.7. The van der Waals surface area contributed by atoms with Crippen molar-refractivity contribution in [2.45, 2.75) is 319 Å². The third-order valence-electron chi connectivity index (χ3n) is 13.7. The second kappa shape index (κ2) is 43.4. The van der Waals surface area contributed by atoms with Gasteiger partial charge in [0.1, 0.15) is 36.6 Å². The largest absolute Gasteiger partial charge is 0.394 e. The van der Waals surface area contributed by atoms with Crippen molar-refractivity contribution in [2.24, 2.45) is 0 Å². The van der Waals surface area contributed by atoms with Crippen LogP contribution in [0.15, 0.2) is 0 Å². The van der Waals surface area contributed by atoms with E-state index in [2.05, 4.69) is 19.2 Å². The third-order valence-corrected chi connectivity index (χ3v) is 13.7. The summed E-state index contributed by atoms with van der Waals surface area (Å²) in [5.41, 5.74) is 0. The average Bonchev–Trinajstić information content (AvgIpc) is 3.29. The lowest BCUT2D eigenvalue weighted by Crippen LogP contribution is -2.60. The number of amides is 1. The smallest absolute Gasteiger partial charge is 0.249 e. The second-order valence-corrected chi connectivity index (χ2v) is 19.7. The molecule has 9 unspecified atom stereocenters. The van der Waals surface area contributed by atoms with Gasteiger partial charge in [-0.05, 0) is 12.8 Å². The van der Waals surface area contributed by atoms with E-state index >= 15 is 0 Å². The quantitative estimate of drug-likeness (QED) is 0.0273. The first-order valence-corrected chi connectivity index (χ1v) is 27.4. The molecule has 0 aromatic rings. The van der Waals surface area contributed by atoms with Gasteiger partial charge in [0.25, 0.3) is 0 Å². The van der Waals surface area contributed by atoms with Gasteiger partial charge in [0.15, 0.2) is 6.29 Å². The minimum atomic E-state index is -1.66. The molecule has 1 aliphatic heterocycles. The lowest BCUT2D eigenvalue weighted by atomic mass is 9.98. The van der Waals surface area contributed by atoms with Gasteiger partial charge >= 0.3 is 0 Å². The van der Waals surface area contributed by atoms with Crippen LogP contribution in [0, 0.1) is 0 Å². The molecular formula is C53H105NO10. The van der Waals surface area contributed by atoms with E-state index in [0.717, 1.165) is 38.5 Å². The maximum Gasteiger partial charge on any atom is 0.249 e. The number of carbonyl (C=O) groups is 1. The van der Waals surface area contributed by atoms with Gasteiger partial charge in [-0.3, -0.25) is 4.79 Å². The minimum absolute atomic E-state index is 0.266. The Hall–Kier alpha value is -0.890. The van der Waals surface area contributed by atoms with Gasteiger partial charge in [-0.15, -0.1) is 0 Å². The van der Waals surface area contributed by atoms with Crippen molar-refractivity contribution in [1.29, 1.82) is 0 Å². The average molecular weight is 916 g/mol. The molecule has 1 rings (SSSR count). The van der Waals surface area contributed by atoms with Crippen LogP contribution in [0.3, 0.4) is 0 Å². The van der Waals surface area contributed by atoms with E-state index in [-0.39, 0.29) is 6.42 Å². The summed E-state index contributed by atoms with van der Waals surface area (Å²) in [7, 11) is 0. The molecule has 1 heterocycles. The first-order valence-electron chi connectivity index (χ1n) is 27.4. The van der Waals surface area contributed by atoms with Crippen molar-refractivity contribution < 1.29 is 50.0 Å². The second-order valence-electron chi connectivity index (χ2n) is 19.7. The Morgan fingerprint density at radius 2 is 0.812 bits per heavy atom. The van der Waals surface area contributed by atoms with Crippen molar-refractivity contribution in [3.63, 3.8) is 0 Å². The van der Waals surface area contributed by atoms with Crippen LogP contribution in [0.25, 0.3) is 0 Å². The zero-order chi connectivity index (χ0) is 46.9. The minimum Gasteiger partial charge on any atom is -0.394 e. The highest BCUT2D eigenvalue weighted by Gasteiger charge is 2.44. The molecule has 8 N–H and O–H groups in total. The van der Waals surface area contributed by atoms with Crippen LogP contribution in [0.1, 0.15) is 264 Å². The number of unbranched alkanes of at least 4 members (excludes halogenated alkanes) is 35. The van der Waals surface area contributed by atoms with E-state index in [4.69, 9.17) is 9.47 Å². The fourth-order valence-corrected chi connectivity index (χ4v) is 9.15. The van der Waals surface area contributed by atoms with Crippen molar-refractivity contribution in [3.8, 4) is 0 Å². The predicted octanol–water partition coefficient (Wildman–Crippen LogP) is 10.6. The van der Waals surface area contributed by atoms with Gasteiger partial charge in [-0.1, -0.05) is 251 Å². The monoisotopic (exact) mass is 916 g/mol. The number of aliphatic hydroxyl groups is 7. The molecule has 0 aromatic carbocycles. The maximum atomic E-state index is 13.1. The molecule has 0 aromatic heterocycles. The summed E-state index contributed by atoms with van der Waals surface area (Å²) in [6, 6.07) is -1.16. The molecule has 11 heteroatoms. The molecule has 0 radical (unpaired) electrons. The van der Waals surface area contributed by atoms with Gasteiger partial charge in [-0.2, -0.15) is 0 Å². The van der Waals surface area contributed by atoms with E-state index in [1.165, 1.54) is 186 Å². The number of hydrogen-bond donors (Lipinski definition) is 8. The Balaban J connectivity index is 2.16. The van der Waals surface area contributed by atoms with Gasteiger partial charge in [-0.25, -0.2) is 0 Å². The molecule has 9 atom stereocenters. The Kier molecular flexibility index (Phi) is 41.4. The summed E-state index contributed by atoms with van der Waals surface area (Å²) < 4.78 is 11.1. The van der Waals surface area contributed by atoms with E-state index in [1.54, 1.807) is 0 Å². The fraction of sp³-hybridized carbons (Fsp3) is 0.981. The molecule has 0 spiro atoms. The van der Waals surface area contributed by atoms with Gasteiger partial charge in [0.2, 0.25) is 5.91 Å². The molecule has 1 aliphatic rings. The summed E-state index contributed by atoms with van der Waals surface area (Å²) >= 11 is 0. The number of aliphatic hydroxyl groups excluding tert-OH is 7. The lowest BCUT2D eigenvalue weighted by Gasteiger charge is -2.40. The predicted molar refractivity (Wildman–Crippen MR) is 261 cm³/mol. The Morgan fingerprint density at radius 1 is 0.484 bits per heavy atom. The highest BCUT2D eigenvalue weighted by molar-refractivity contribution is 5.80. The first-order chi connectivity index (χ1) is 31.2. The molecule has 64 heavy (non-hydrogen) atoms. The summed E-state index contributed by atoms with van der Waals surface area (Å²) in [5.74, 6) is -0.694. The van der Waals surface area contributed by atoms with E-state index in [1.807, 2.05) is 0 Å². The van der Waals surface area contributed by atoms with E-state index in [0.29, 0.717) is 19.3 Å². The molecular weight excluding hydrogens is 811 g/mol. The molecule has 1 saturated heterocycles. The molecule has 0 aliphatic carbocycles. The van der Waals surface area contributed by atoms with Crippen LogP contribution >= 0.6 is 0 Å². The van der Waals surface area contributed by atoms with Crippen molar-refractivity contribution in [1.82, 2.24) is 5.32 Å². The SMILES string of the molecule is CCCCCCCCCCCCCCCCCCCCCCCCCCCCCCCC(O)C(=O)NC(COC1OC(CO)C(O)C(O)C1O)C(O)C(O)CCCCCCCCCC. The van der Waals surface area contributed by atoms with Crippen LogP contribution in [0.2, 0.25) is 0 Å². The first kappa shape index (κ1) is 61.1. The van der Waals surface area contributed by atoms with Gasteiger partial charge in [0, 0.05) is 0 Å². The Bertz CT molecular complexity index is 1010. The molecule has 382 valence electrons. The molecule has 0 bridgehead atoms. The van der Waals surface area contributed by atoms with Crippen LogP contribution < -0.4 is 5.32 Å². The van der Waals surface area contributed by atoms with Crippen LogP contribution in [0.4, 0.5) is 0 Å². The van der Waals surface area contributed by atoms with Crippen LogP contribution in [-0.2, 0) is 14.3 Å². The number of ether oxygens (including phenoxy) is 2. The van der Waals surface area contributed by atoms with E-state index < -0.39 is 74.2 Å². The van der Waals surface area contributed by atoms with E-state index in [9.17, 15) is 40.5 Å². The summed E-state index contributed by atoms with van der Waals surface area (Å²) in [5, 5.41) is 75.6. The van der Waals surface area contributed by atoms with Gasteiger partial charge < -0.3 is 50.5 Å². The standard InChI is InChI=1S/C53H105NO10/c1-3-5-7-9-11-13-14-15-16-17-18-19-20-21-22-23-24-25-26-27-28-29-30-31-32-33-35-37-39-41-46(57)52(62)54-44(43-63-53-51(61)50(60)49(59)47(42-55)64-53)48(58)45(56)40-38-36-34-12-10-8-6-4-2/h44-51,53,55-61H,3-43H2,1-2H3,(H,54,62). The highest BCUT2D eigenvalue weighted by Crippen LogP contribution is 2.23. The number of rotatable bonds is 47. The summed E-state index contributed by atoms with van der Waals surface area (Å²) in [6.45, 7) is 3.43. The molecule has 11 nitrogen and oxygen atoms in total. The summed E-state index contributed by atoms with van der Waals surface area (Å²) in [4.78, 5) is 13.1. The zero-order valence-corrected chi connectivity index (χ0v) is 41.5. The van der Waals surface area contributed by atoms with Gasteiger partial charge in [0.05, 0.1) is 25.4 Å².